The van der Waals surface area contributed by atoms with E-state index < -0.39 is 0 Å². The minimum atomic E-state index is 0.0263. The third kappa shape index (κ3) is 2.60. The number of anilines is 1. The van der Waals surface area contributed by atoms with Crippen LogP contribution in [0, 0.1) is 17.8 Å². The molecule has 3 N–H and O–H groups in total. The van der Waals surface area contributed by atoms with E-state index in [1.807, 2.05) is 0 Å². The molecule has 1 amide bonds. The zero-order chi connectivity index (χ0) is 13.4. The number of nitrogens with two attached hydrogens (primary N) is 1. The monoisotopic (exact) mass is 262 g/mol. The summed E-state index contributed by atoms with van der Waals surface area (Å²) in [5.74, 6) is 2.45. The number of carbonyl (C=O) groups excluding carboxylic acids is 1. The van der Waals surface area contributed by atoms with Gasteiger partial charge in [-0.05, 0) is 43.9 Å². The number of rotatable bonds is 4. The van der Waals surface area contributed by atoms with Crippen molar-refractivity contribution in [3.05, 3.63) is 12.4 Å². The Morgan fingerprint density at radius 3 is 3.00 bits per heavy atom. The van der Waals surface area contributed by atoms with Gasteiger partial charge in [-0.25, -0.2) is 0 Å². The molecule has 0 aliphatic heterocycles. The van der Waals surface area contributed by atoms with Crippen molar-refractivity contribution in [1.82, 2.24) is 15.1 Å². The molecule has 2 aliphatic rings. The summed E-state index contributed by atoms with van der Waals surface area (Å²) >= 11 is 0. The van der Waals surface area contributed by atoms with Crippen molar-refractivity contribution in [3.63, 3.8) is 0 Å². The summed E-state index contributed by atoms with van der Waals surface area (Å²) in [5, 5.41) is 7.15. The molecule has 2 aliphatic carbocycles. The quantitative estimate of drug-likeness (QED) is 0.861. The lowest BCUT2D eigenvalue weighted by atomic mass is 9.84. The lowest BCUT2D eigenvalue weighted by Gasteiger charge is -2.28. The van der Waals surface area contributed by atoms with Crippen molar-refractivity contribution in [2.45, 2.75) is 45.2 Å². The number of nitrogens with zero attached hydrogens (tertiary/aromatic N) is 2. The third-order valence-corrected chi connectivity index (χ3v) is 4.78. The zero-order valence-electron chi connectivity index (χ0n) is 11.4. The first kappa shape index (κ1) is 12.5. The molecule has 5 nitrogen and oxygen atoms in total. The largest absolute Gasteiger partial charge is 0.396 e. The molecule has 3 rings (SSSR count). The number of amides is 1. The van der Waals surface area contributed by atoms with Gasteiger partial charge in [-0.3, -0.25) is 9.48 Å². The van der Waals surface area contributed by atoms with Gasteiger partial charge in [-0.15, -0.1) is 0 Å². The van der Waals surface area contributed by atoms with Crippen molar-refractivity contribution >= 4 is 11.6 Å². The fraction of sp³-hybridized carbons (Fsp3) is 0.714. The molecule has 0 spiro atoms. The van der Waals surface area contributed by atoms with Gasteiger partial charge in [0.05, 0.1) is 11.9 Å². The van der Waals surface area contributed by atoms with Crippen LogP contribution in [0.3, 0.4) is 0 Å². The summed E-state index contributed by atoms with van der Waals surface area (Å²) in [6.45, 7) is 2.39. The summed E-state index contributed by atoms with van der Waals surface area (Å²) < 4.78 is 1.58. The van der Waals surface area contributed by atoms with Gasteiger partial charge in [-0.2, -0.15) is 5.10 Å². The molecule has 4 unspecified atom stereocenters. The maximum atomic E-state index is 12.0. The zero-order valence-corrected chi connectivity index (χ0v) is 11.4. The molecule has 5 heteroatoms. The fourth-order valence-corrected chi connectivity index (χ4v) is 3.93. The van der Waals surface area contributed by atoms with Gasteiger partial charge in [0.2, 0.25) is 5.91 Å². The van der Waals surface area contributed by atoms with Crippen LogP contribution < -0.4 is 11.1 Å². The highest BCUT2D eigenvalue weighted by atomic mass is 16.2. The first-order chi connectivity index (χ1) is 9.11. The Labute approximate surface area is 113 Å². The normalized spacial score (nSPS) is 30.5. The number of carbonyl (C=O) groups is 1. The number of hydrogen-bond acceptors (Lipinski definition) is 3. The fourth-order valence-electron chi connectivity index (χ4n) is 3.93. The van der Waals surface area contributed by atoms with E-state index in [0.29, 0.717) is 11.6 Å². The van der Waals surface area contributed by atoms with Crippen molar-refractivity contribution in [2.75, 3.05) is 5.73 Å². The van der Waals surface area contributed by atoms with Crippen LogP contribution in [0.2, 0.25) is 0 Å². The minimum Gasteiger partial charge on any atom is -0.396 e. The lowest BCUT2D eigenvalue weighted by molar-refractivity contribution is -0.122. The van der Waals surface area contributed by atoms with Crippen LogP contribution in [-0.4, -0.2) is 21.7 Å². The highest BCUT2D eigenvalue weighted by Gasteiger charge is 2.42. The van der Waals surface area contributed by atoms with Crippen LogP contribution in [0.15, 0.2) is 12.4 Å². The topological polar surface area (TPSA) is 72.9 Å². The van der Waals surface area contributed by atoms with Crippen LogP contribution in [0.4, 0.5) is 5.69 Å². The van der Waals surface area contributed by atoms with E-state index in [1.165, 1.54) is 25.7 Å². The van der Waals surface area contributed by atoms with E-state index in [-0.39, 0.29) is 18.5 Å². The van der Waals surface area contributed by atoms with Gasteiger partial charge >= 0.3 is 0 Å². The summed E-state index contributed by atoms with van der Waals surface area (Å²) in [6, 6.07) is 0.274. The Hall–Kier alpha value is -1.52. The Morgan fingerprint density at radius 1 is 1.58 bits per heavy atom. The van der Waals surface area contributed by atoms with Crippen LogP contribution in [-0.2, 0) is 11.3 Å². The molecule has 0 radical (unpaired) electrons. The second-order valence-electron chi connectivity index (χ2n) is 6.17. The Bertz CT molecular complexity index is 470. The number of nitrogens with one attached hydrogen (secondary N) is 1. The summed E-state index contributed by atoms with van der Waals surface area (Å²) in [7, 11) is 0. The van der Waals surface area contributed by atoms with Gasteiger partial charge in [0.25, 0.3) is 0 Å². The molecule has 4 atom stereocenters. The third-order valence-electron chi connectivity index (χ3n) is 4.78. The van der Waals surface area contributed by atoms with E-state index in [1.54, 1.807) is 17.1 Å². The Balaban J connectivity index is 1.52. The molecule has 2 fully saturated rings. The molecule has 2 bridgehead atoms. The number of nitrogen functional groups attached to an aromatic ring is 1. The molecule has 0 aromatic carbocycles. The maximum absolute atomic E-state index is 12.0. The summed E-state index contributed by atoms with van der Waals surface area (Å²) in [5.41, 5.74) is 6.17. The molecule has 1 aromatic rings. The molecular weight excluding hydrogens is 240 g/mol. The first-order valence-corrected chi connectivity index (χ1v) is 7.19. The van der Waals surface area contributed by atoms with Gasteiger partial charge in [0.1, 0.15) is 6.54 Å². The van der Waals surface area contributed by atoms with Crippen LogP contribution in [0.25, 0.3) is 0 Å². The average molecular weight is 262 g/mol. The molecule has 19 heavy (non-hydrogen) atoms. The molecule has 1 heterocycles. The second-order valence-corrected chi connectivity index (χ2v) is 6.17. The predicted molar refractivity (Wildman–Crippen MR) is 73.2 cm³/mol. The van der Waals surface area contributed by atoms with Crippen LogP contribution in [0.5, 0.6) is 0 Å². The predicted octanol–water partition coefficient (Wildman–Crippen LogP) is 1.41. The molecule has 104 valence electrons. The maximum Gasteiger partial charge on any atom is 0.241 e. The lowest BCUT2D eigenvalue weighted by Crippen LogP contribution is -2.41. The molecule has 1 aromatic heterocycles. The van der Waals surface area contributed by atoms with E-state index in [9.17, 15) is 4.79 Å². The average Bonchev–Trinajstić information content (AvgIpc) is 3.05. The first-order valence-electron chi connectivity index (χ1n) is 7.19. The minimum absolute atomic E-state index is 0.0263. The van der Waals surface area contributed by atoms with E-state index in [4.69, 9.17) is 5.73 Å². The molecule has 2 saturated carbocycles. The van der Waals surface area contributed by atoms with Crippen molar-refractivity contribution in [2.24, 2.45) is 17.8 Å². The Kier molecular flexibility index (Phi) is 3.21. The molecular formula is C14H22N4O. The Morgan fingerprint density at radius 2 is 2.42 bits per heavy atom. The molecule has 0 saturated heterocycles. The number of fused-ring (bicyclic) bond motifs is 2. The number of hydrogen-bond donors (Lipinski definition) is 2. The van der Waals surface area contributed by atoms with Crippen molar-refractivity contribution in [1.29, 1.82) is 0 Å². The van der Waals surface area contributed by atoms with E-state index in [2.05, 4.69) is 17.3 Å². The second kappa shape index (κ2) is 4.87. The highest BCUT2D eigenvalue weighted by molar-refractivity contribution is 5.76. The van der Waals surface area contributed by atoms with Crippen LogP contribution in [0.1, 0.15) is 32.6 Å². The van der Waals surface area contributed by atoms with Gasteiger partial charge in [-0.1, -0.05) is 6.42 Å². The van der Waals surface area contributed by atoms with E-state index >= 15 is 0 Å². The summed E-state index contributed by atoms with van der Waals surface area (Å²) in [4.78, 5) is 12.0. The van der Waals surface area contributed by atoms with Gasteiger partial charge in [0, 0.05) is 12.2 Å². The standard InChI is InChI=1S/C14H22N4O/c1-9(13-5-10-2-3-11(13)4-10)17-14(19)8-18-7-12(15)6-16-18/h6-7,9-11,13H,2-5,8,15H2,1H3,(H,17,19). The van der Waals surface area contributed by atoms with Crippen molar-refractivity contribution < 1.29 is 4.79 Å². The highest BCUT2D eigenvalue weighted by Crippen LogP contribution is 2.49. The van der Waals surface area contributed by atoms with Crippen LogP contribution >= 0.6 is 0 Å². The van der Waals surface area contributed by atoms with E-state index in [0.717, 1.165) is 11.8 Å². The SMILES string of the molecule is CC(NC(=O)Cn1cc(N)cn1)C1CC2CCC1C2. The van der Waals surface area contributed by atoms with Crippen molar-refractivity contribution in [3.8, 4) is 0 Å². The smallest absolute Gasteiger partial charge is 0.241 e. The van der Waals surface area contributed by atoms with Gasteiger partial charge in [0.15, 0.2) is 0 Å². The number of aromatic nitrogens is 2. The summed E-state index contributed by atoms with van der Waals surface area (Å²) in [6.07, 6.45) is 8.66. The van der Waals surface area contributed by atoms with Gasteiger partial charge < -0.3 is 11.1 Å².